The molecule has 0 spiro atoms. The molecule has 3 aliphatic heterocycles. The second-order valence-corrected chi connectivity index (χ2v) is 5.52. The summed E-state index contributed by atoms with van der Waals surface area (Å²) in [5.41, 5.74) is 5.26. The third-order valence-electron chi connectivity index (χ3n) is 3.96. The fraction of sp³-hybridized carbons (Fsp3) is 0.353. The highest BCUT2D eigenvalue weighted by molar-refractivity contribution is 5.95. The van der Waals surface area contributed by atoms with Crippen molar-refractivity contribution in [1.29, 1.82) is 5.26 Å². The second-order valence-electron chi connectivity index (χ2n) is 5.52. The van der Waals surface area contributed by atoms with Gasteiger partial charge in [0.2, 0.25) is 0 Å². The number of rotatable bonds is 5. The van der Waals surface area contributed by atoms with Crippen LogP contribution in [0.3, 0.4) is 0 Å². The minimum Gasteiger partial charge on any atom is -0.468 e. The van der Waals surface area contributed by atoms with Crippen LogP contribution >= 0.6 is 0 Å². The Labute approximate surface area is 150 Å². The van der Waals surface area contributed by atoms with Crippen LogP contribution in [0.15, 0.2) is 52.1 Å². The van der Waals surface area contributed by atoms with Gasteiger partial charge in [0, 0.05) is 6.20 Å². The van der Waals surface area contributed by atoms with Crippen LogP contribution in [0, 0.1) is 11.3 Å². The average molecular weight is 357 g/mol. The molecule has 1 unspecified atom stereocenters. The molecular formula is C17H19N5O4. The lowest BCUT2D eigenvalue weighted by Gasteiger charge is -2.29. The van der Waals surface area contributed by atoms with Crippen LogP contribution in [0.1, 0.15) is 19.8 Å². The predicted molar refractivity (Wildman–Crippen MR) is 91.2 cm³/mol. The minimum absolute atomic E-state index is 0.0367. The van der Waals surface area contributed by atoms with Crippen molar-refractivity contribution in [3.05, 3.63) is 47.1 Å². The number of aliphatic imine (C=N–C) groups is 1. The number of nitrogens with zero attached hydrogens (tertiary/aromatic N) is 3. The van der Waals surface area contributed by atoms with E-state index in [9.17, 15) is 4.79 Å². The van der Waals surface area contributed by atoms with Crippen molar-refractivity contribution < 1.29 is 19.2 Å². The molecule has 0 saturated heterocycles. The highest BCUT2D eigenvalue weighted by atomic mass is 16.8. The second kappa shape index (κ2) is 7.76. The average Bonchev–Trinajstić information content (AvgIpc) is 3.14. The first kappa shape index (κ1) is 17.6. The van der Waals surface area contributed by atoms with Gasteiger partial charge in [-0.25, -0.2) is 20.3 Å². The maximum absolute atomic E-state index is 12.7. The molecule has 9 heteroatoms. The van der Waals surface area contributed by atoms with Crippen LogP contribution in [0.25, 0.3) is 0 Å². The van der Waals surface area contributed by atoms with Crippen LogP contribution in [-0.2, 0) is 19.2 Å². The molecule has 0 aliphatic carbocycles. The number of ether oxygens (including phenoxy) is 2. The summed E-state index contributed by atoms with van der Waals surface area (Å²) in [6.45, 7) is 1.94. The number of nitrogens with one attached hydrogen (secondary N) is 2. The number of fused-ring (bicyclic) bond motifs is 1. The Balaban J connectivity index is 1.95. The number of hydrogen-bond acceptors (Lipinski definition) is 9. The molecule has 0 aromatic heterocycles. The molecule has 1 atom stereocenters. The SMILES string of the molecule is CCC1=C(C(=O)OCCC#N)C(C2=CC3=CNON3C=C2)NC(OC)=N1. The molecule has 26 heavy (non-hydrogen) atoms. The molecule has 0 amide bonds. The van der Waals surface area contributed by atoms with E-state index in [0.29, 0.717) is 23.7 Å². The predicted octanol–water partition coefficient (Wildman–Crippen LogP) is 1.13. The van der Waals surface area contributed by atoms with Crippen molar-refractivity contribution in [2.24, 2.45) is 4.99 Å². The standard InChI is InChI=1S/C17H19N5O4/c1-3-13-14(16(23)25-8-4-6-18)15(21-17(20-13)24-2)11-5-7-22-12(9-11)10-19-26-22/h5,7,9-10,15,19H,3-4,8H2,1-2H3,(H,20,21). The van der Waals surface area contributed by atoms with Crippen molar-refractivity contribution in [3.63, 3.8) is 0 Å². The van der Waals surface area contributed by atoms with E-state index in [1.54, 1.807) is 17.5 Å². The zero-order valence-electron chi connectivity index (χ0n) is 14.5. The van der Waals surface area contributed by atoms with Gasteiger partial charge in [0.05, 0.1) is 48.8 Å². The molecule has 0 saturated carbocycles. The summed E-state index contributed by atoms with van der Waals surface area (Å²) >= 11 is 0. The third kappa shape index (κ3) is 3.41. The van der Waals surface area contributed by atoms with Gasteiger partial charge in [-0.05, 0) is 24.1 Å². The summed E-state index contributed by atoms with van der Waals surface area (Å²) in [4.78, 5) is 22.2. The largest absolute Gasteiger partial charge is 0.468 e. The fourth-order valence-corrected chi connectivity index (χ4v) is 2.74. The number of carbonyl (C=O) groups excluding carboxylic acids is 1. The molecule has 0 aromatic rings. The summed E-state index contributed by atoms with van der Waals surface area (Å²) in [7, 11) is 1.51. The Morgan fingerprint density at radius 2 is 2.38 bits per heavy atom. The highest BCUT2D eigenvalue weighted by Crippen LogP contribution is 2.29. The fourth-order valence-electron chi connectivity index (χ4n) is 2.74. The Kier molecular flexibility index (Phi) is 5.24. The van der Waals surface area contributed by atoms with E-state index in [1.807, 2.05) is 25.1 Å². The van der Waals surface area contributed by atoms with E-state index in [-0.39, 0.29) is 13.0 Å². The maximum Gasteiger partial charge on any atom is 0.338 e. The number of amidine groups is 1. The first-order chi connectivity index (χ1) is 12.7. The Morgan fingerprint density at radius 1 is 1.54 bits per heavy atom. The normalized spacial score (nSPS) is 20.9. The first-order valence-corrected chi connectivity index (χ1v) is 8.16. The van der Waals surface area contributed by atoms with Crippen LogP contribution in [0.2, 0.25) is 0 Å². The summed E-state index contributed by atoms with van der Waals surface area (Å²) in [6, 6.07) is 1.79. The number of methoxy groups -OCH3 is 1. The molecule has 0 radical (unpaired) electrons. The molecule has 136 valence electrons. The van der Waals surface area contributed by atoms with Crippen molar-refractivity contribution in [2.45, 2.75) is 25.8 Å². The number of carbonyl (C=O) groups is 1. The first-order valence-electron chi connectivity index (χ1n) is 8.16. The van der Waals surface area contributed by atoms with Crippen LogP contribution < -0.4 is 10.8 Å². The zero-order valence-corrected chi connectivity index (χ0v) is 14.5. The molecule has 0 aromatic carbocycles. The van der Waals surface area contributed by atoms with E-state index in [1.165, 1.54) is 7.11 Å². The number of hydrogen-bond donors (Lipinski definition) is 2. The quantitative estimate of drug-likeness (QED) is 0.557. The molecular weight excluding hydrogens is 338 g/mol. The van der Waals surface area contributed by atoms with Gasteiger partial charge in [0.15, 0.2) is 0 Å². The van der Waals surface area contributed by atoms with Crippen LogP contribution in [0.4, 0.5) is 0 Å². The van der Waals surface area contributed by atoms with Gasteiger partial charge in [-0.15, -0.1) is 0 Å². The lowest BCUT2D eigenvalue weighted by Crippen LogP contribution is -2.44. The van der Waals surface area contributed by atoms with Crippen molar-refractivity contribution in [2.75, 3.05) is 13.7 Å². The Bertz CT molecular complexity index is 787. The minimum atomic E-state index is -0.500. The number of hydroxylamine groups is 3. The highest BCUT2D eigenvalue weighted by Gasteiger charge is 2.34. The topological polar surface area (TPSA) is 108 Å². The van der Waals surface area contributed by atoms with E-state index >= 15 is 0 Å². The summed E-state index contributed by atoms with van der Waals surface area (Å²) in [5.74, 6) is -0.500. The number of esters is 1. The van der Waals surface area contributed by atoms with E-state index in [0.717, 1.165) is 11.3 Å². The lowest BCUT2D eigenvalue weighted by atomic mass is 9.93. The van der Waals surface area contributed by atoms with Crippen molar-refractivity contribution in [3.8, 4) is 6.07 Å². The van der Waals surface area contributed by atoms with E-state index < -0.39 is 12.0 Å². The number of allylic oxidation sites excluding steroid dienone is 2. The lowest BCUT2D eigenvalue weighted by molar-refractivity contribution is -0.139. The molecule has 3 heterocycles. The van der Waals surface area contributed by atoms with Gasteiger partial charge < -0.3 is 14.8 Å². The Morgan fingerprint density at radius 3 is 3.12 bits per heavy atom. The van der Waals surface area contributed by atoms with Gasteiger partial charge in [-0.3, -0.25) is 0 Å². The molecule has 9 nitrogen and oxygen atoms in total. The monoisotopic (exact) mass is 357 g/mol. The summed E-state index contributed by atoms with van der Waals surface area (Å²) < 4.78 is 10.5. The molecule has 2 N–H and O–H groups in total. The smallest absolute Gasteiger partial charge is 0.338 e. The summed E-state index contributed by atoms with van der Waals surface area (Å²) in [5, 5.41) is 13.3. The van der Waals surface area contributed by atoms with Gasteiger partial charge in [0.1, 0.15) is 6.61 Å². The zero-order chi connectivity index (χ0) is 18.5. The number of nitriles is 1. The van der Waals surface area contributed by atoms with Crippen molar-refractivity contribution >= 4 is 12.0 Å². The van der Waals surface area contributed by atoms with Gasteiger partial charge in [-0.1, -0.05) is 6.92 Å². The molecule has 0 fully saturated rings. The van der Waals surface area contributed by atoms with Gasteiger partial charge in [0.25, 0.3) is 6.02 Å². The van der Waals surface area contributed by atoms with Crippen molar-refractivity contribution in [1.82, 2.24) is 15.9 Å². The summed E-state index contributed by atoms with van der Waals surface area (Å²) in [6.07, 6.45) is 7.82. The van der Waals surface area contributed by atoms with Crippen LogP contribution in [0.5, 0.6) is 0 Å². The molecule has 3 rings (SSSR count). The molecule has 0 bridgehead atoms. The third-order valence-corrected chi connectivity index (χ3v) is 3.96. The van der Waals surface area contributed by atoms with Gasteiger partial charge >= 0.3 is 5.97 Å². The maximum atomic E-state index is 12.7. The van der Waals surface area contributed by atoms with E-state index in [4.69, 9.17) is 19.7 Å². The van der Waals surface area contributed by atoms with Crippen LogP contribution in [-0.4, -0.2) is 36.8 Å². The van der Waals surface area contributed by atoms with Gasteiger partial charge in [-0.2, -0.15) is 10.2 Å². The molecule has 3 aliphatic rings. The van der Waals surface area contributed by atoms with E-state index in [2.05, 4.69) is 15.8 Å². The Hall–Kier alpha value is -3.25.